The molecule has 0 saturated carbocycles. The van der Waals surface area contributed by atoms with Gasteiger partial charge < -0.3 is 5.32 Å². The molecular weight excluding hydrogens is 194 g/mol. The lowest BCUT2D eigenvalue weighted by Crippen LogP contribution is -2.46. The maximum Gasteiger partial charge on any atom is 0.0132 e. The third kappa shape index (κ3) is 9.21. The van der Waals surface area contributed by atoms with Crippen LogP contribution >= 0.6 is 0 Å². The molecule has 0 aromatic rings. The van der Waals surface area contributed by atoms with Gasteiger partial charge in [-0.05, 0) is 39.0 Å². The molecule has 0 saturated heterocycles. The molecule has 0 spiro atoms. The second-order valence-corrected chi connectivity index (χ2v) is 7.16. The highest BCUT2D eigenvalue weighted by Gasteiger charge is 2.26. The van der Waals surface area contributed by atoms with Crippen molar-refractivity contribution < 1.29 is 0 Å². The summed E-state index contributed by atoms with van der Waals surface area (Å²) < 4.78 is 0. The van der Waals surface area contributed by atoms with E-state index in [-0.39, 0.29) is 5.54 Å². The van der Waals surface area contributed by atoms with Crippen molar-refractivity contribution in [3.63, 3.8) is 0 Å². The summed E-state index contributed by atoms with van der Waals surface area (Å²) in [7, 11) is 0. The highest BCUT2D eigenvalue weighted by atomic mass is 15.0. The Balaban J connectivity index is 3.95. The SMILES string of the molecule is CCCCCC(C)NC(C)(C)CC(C)(C)C. The molecular formula is C15H33N. The molecule has 0 aliphatic heterocycles. The van der Waals surface area contributed by atoms with Crippen molar-refractivity contribution >= 4 is 0 Å². The lowest BCUT2D eigenvalue weighted by Gasteiger charge is -2.36. The second-order valence-electron chi connectivity index (χ2n) is 7.16. The Kier molecular flexibility index (Phi) is 6.62. The van der Waals surface area contributed by atoms with Crippen molar-refractivity contribution in [1.29, 1.82) is 0 Å². The molecule has 0 aliphatic carbocycles. The van der Waals surface area contributed by atoms with Crippen LogP contribution in [0.5, 0.6) is 0 Å². The molecule has 0 aromatic heterocycles. The first-order valence-corrected chi connectivity index (χ1v) is 6.94. The fourth-order valence-corrected chi connectivity index (χ4v) is 2.82. The second kappa shape index (κ2) is 6.64. The Morgan fingerprint density at radius 2 is 1.56 bits per heavy atom. The van der Waals surface area contributed by atoms with E-state index in [0.717, 1.165) is 0 Å². The van der Waals surface area contributed by atoms with Gasteiger partial charge in [-0.25, -0.2) is 0 Å². The van der Waals surface area contributed by atoms with E-state index in [9.17, 15) is 0 Å². The van der Waals surface area contributed by atoms with Gasteiger partial charge in [-0.1, -0.05) is 47.0 Å². The molecule has 0 aliphatic rings. The van der Waals surface area contributed by atoms with Gasteiger partial charge in [0, 0.05) is 11.6 Å². The average Bonchev–Trinajstić information content (AvgIpc) is 1.98. The van der Waals surface area contributed by atoms with Crippen LogP contribution in [0.4, 0.5) is 0 Å². The number of hydrogen-bond donors (Lipinski definition) is 1. The first kappa shape index (κ1) is 16.0. The topological polar surface area (TPSA) is 12.0 Å². The van der Waals surface area contributed by atoms with E-state index in [0.29, 0.717) is 11.5 Å². The number of nitrogens with one attached hydrogen (secondary N) is 1. The summed E-state index contributed by atoms with van der Waals surface area (Å²) >= 11 is 0. The van der Waals surface area contributed by atoms with E-state index in [2.05, 4.69) is 53.8 Å². The maximum absolute atomic E-state index is 3.77. The normalized spacial score (nSPS) is 15.2. The van der Waals surface area contributed by atoms with Crippen molar-refractivity contribution in [3.05, 3.63) is 0 Å². The number of unbranched alkanes of at least 4 members (excludes halogenated alkanes) is 2. The summed E-state index contributed by atoms with van der Waals surface area (Å²) in [5, 5.41) is 3.77. The Labute approximate surface area is 103 Å². The summed E-state index contributed by atoms with van der Waals surface area (Å²) in [6.07, 6.45) is 6.57. The van der Waals surface area contributed by atoms with Crippen molar-refractivity contribution in [2.45, 2.75) is 92.2 Å². The fourth-order valence-electron chi connectivity index (χ4n) is 2.82. The first-order chi connectivity index (χ1) is 7.16. The molecule has 1 atom stereocenters. The number of rotatable bonds is 7. The first-order valence-electron chi connectivity index (χ1n) is 6.94. The van der Waals surface area contributed by atoms with E-state index >= 15 is 0 Å². The van der Waals surface area contributed by atoms with E-state index in [1.165, 1.54) is 32.1 Å². The third-order valence-electron chi connectivity index (χ3n) is 2.85. The summed E-state index contributed by atoms with van der Waals surface area (Å²) in [5.74, 6) is 0. The van der Waals surface area contributed by atoms with Crippen molar-refractivity contribution in [2.75, 3.05) is 0 Å². The van der Waals surface area contributed by atoms with Crippen LogP contribution in [0.1, 0.15) is 80.6 Å². The molecule has 0 heterocycles. The largest absolute Gasteiger partial charge is 0.309 e. The molecule has 0 aromatic carbocycles. The van der Waals surface area contributed by atoms with Crippen LogP contribution in [0.3, 0.4) is 0 Å². The summed E-state index contributed by atoms with van der Waals surface area (Å²) in [6, 6.07) is 0.643. The summed E-state index contributed by atoms with van der Waals surface area (Å²) in [6.45, 7) is 16.2. The van der Waals surface area contributed by atoms with Crippen LogP contribution in [0.15, 0.2) is 0 Å². The molecule has 1 nitrogen and oxygen atoms in total. The molecule has 0 amide bonds. The van der Waals surface area contributed by atoms with Crippen LogP contribution in [-0.4, -0.2) is 11.6 Å². The van der Waals surface area contributed by atoms with Crippen LogP contribution in [0, 0.1) is 5.41 Å². The van der Waals surface area contributed by atoms with Gasteiger partial charge in [0.1, 0.15) is 0 Å². The zero-order valence-electron chi connectivity index (χ0n) is 12.6. The molecule has 1 unspecified atom stereocenters. The van der Waals surface area contributed by atoms with E-state index in [4.69, 9.17) is 0 Å². The molecule has 1 N–H and O–H groups in total. The van der Waals surface area contributed by atoms with E-state index in [1.54, 1.807) is 0 Å². The lowest BCUT2D eigenvalue weighted by molar-refractivity contribution is 0.222. The van der Waals surface area contributed by atoms with Crippen LogP contribution in [-0.2, 0) is 0 Å². The highest BCUT2D eigenvalue weighted by Crippen LogP contribution is 2.27. The minimum absolute atomic E-state index is 0.254. The minimum Gasteiger partial charge on any atom is -0.309 e. The van der Waals surface area contributed by atoms with Gasteiger partial charge in [-0.2, -0.15) is 0 Å². The molecule has 0 rings (SSSR count). The third-order valence-corrected chi connectivity index (χ3v) is 2.85. The van der Waals surface area contributed by atoms with Gasteiger partial charge in [-0.15, -0.1) is 0 Å². The van der Waals surface area contributed by atoms with E-state index < -0.39 is 0 Å². The standard InChI is InChI=1S/C15H33N/c1-8-9-10-11-13(2)16-15(6,7)12-14(3,4)5/h13,16H,8-12H2,1-7H3. The number of hydrogen-bond acceptors (Lipinski definition) is 1. The monoisotopic (exact) mass is 227 g/mol. The summed E-state index contributed by atoms with van der Waals surface area (Å²) in [4.78, 5) is 0. The molecule has 16 heavy (non-hydrogen) atoms. The molecule has 98 valence electrons. The Morgan fingerprint density at radius 3 is 2.00 bits per heavy atom. The molecule has 0 bridgehead atoms. The van der Waals surface area contributed by atoms with Crippen molar-refractivity contribution in [2.24, 2.45) is 5.41 Å². The molecule has 0 fully saturated rings. The predicted octanol–water partition coefficient (Wildman–Crippen LogP) is 4.76. The van der Waals surface area contributed by atoms with E-state index in [1.807, 2.05) is 0 Å². The van der Waals surface area contributed by atoms with Gasteiger partial charge >= 0.3 is 0 Å². The lowest BCUT2D eigenvalue weighted by atomic mass is 9.81. The van der Waals surface area contributed by atoms with Gasteiger partial charge in [0.25, 0.3) is 0 Å². The van der Waals surface area contributed by atoms with Gasteiger partial charge in [0.2, 0.25) is 0 Å². The van der Waals surface area contributed by atoms with Gasteiger partial charge in [0.05, 0.1) is 0 Å². The minimum atomic E-state index is 0.254. The zero-order chi connectivity index (χ0) is 12.8. The highest BCUT2D eigenvalue weighted by molar-refractivity contribution is 4.85. The van der Waals surface area contributed by atoms with Gasteiger partial charge in [-0.3, -0.25) is 0 Å². The van der Waals surface area contributed by atoms with Crippen LogP contribution in [0.25, 0.3) is 0 Å². The molecule has 1 heteroatoms. The maximum atomic E-state index is 3.77. The van der Waals surface area contributed by atoms with Crippen molar-refractivity contribution in [3.8, 4) is 0 Å². The summed E-state index contributed by atoms with van der Waals surface area (Å²) in [5.41, 5.74) is 0.656. The molecule has 0 radical (unpaired) electrons. The van der Waals surface area contributed by atoms with Gasteiger partial charge in [0.15, 0.2) is 0 Å². The Bertz CT molecular complexity index is 176. The van der Waals surface area contributed by atoms with Crippen molar-refractivity contribution in [1.82, 2.24) is 5.32 Å². The smallest absolute Gasteiger partial charge is 0.0132 e. The van der Waals surface area contributed by atoms with Crippen LogP contribution < -0.4 is 5.32 Å². The zero-order valence-corrected chi connectivity index (χ0v) is 12.6. The fraction of sp³-hybridized carbons (Fsp3) is 1.00. The predicted molar refractivity (Wildman–Crippen MR) is 74.9 cm³/mol. The quantitative estimate of drug-likeness (QED) is 0.618. The Hall–Kier alpha value is -0.0400. The Morgan fingerprint density at radius 1 is 1.00 bits per heavy atom. The average molecular weight is 227 g/mol. The van der Waals surface area contributed by atoms with Crippen LogP contribution in [0.2, 0.25) is 0 Å².